The third-order valence-electron chi connectivity index (χ3n) is 4.47. The summed E-state index contributed by atoms with van der Waals surface area (Å²) >= 11 is 0. The van der Waals surface area contributed by atoms with Gasteiger partial charge in [-0.25, -0.2) is 0 Å². The van der Waals surface area contributed by atoms with Crippen LogP contribution in [0.3, 0.4) is 0 Å². The number of hydrogen-bond donors (Lipinski definition) is 2. The molecule has 26 heavy (non-hydrogen) atoms. The molecule has 1 aliphatic carbocycles. The van der Waals surface area contributed by atoms with Crippen LogP contribution in [0.25, 0.3) is 0 Å². The minimum absolute atomic E-state index is 0.0609. The molecule has 0 radical (unpaired) electrons. The van der Waals surface area contributed by atoms with Gasteiger partial charge in [0.25, 0.3) is 0 Å². The number of amides is 2. The van der Waals surface area contributed by atoms with Crippen LogP contribution in [0.1, 0.15) is 39.4 Å². The van der Waals surface area contributed by atoms with Crippen molar-refractivity contribution in [2.75, 3.05) is 0 Å². The van der Waals surface area contributed by atoms with E-state index in [-0.39, 0.29) is 24.3 Å². The van der Waals surface area contributed by atoms with Gasteiger partial charge < -0.3 is 11.1 Å². The van der Waals surface area contributed by atoms with E-state index in [1.165, 1.54) is 12.1 Å². The van der Waals surface area contributed by atoms with Crippen LogP contribution in [0, 0.1) is 5.92 Å². The molecular weight excluding hydrogens is 345 g/mol. The maximum Gasteiger partial charge on any atom is 0.416 e. The molecule has 0 heterocycles. The average molecular weight is 362 g/mol. The summed E-state index contributed by atoms with van der Waals surface area (Å²) in [5, 5.41) is 2.79. The van der Waals surface area contributed by atoms with E-state index in [2.05, 4.69) is 5.32 Å². The second-order valence-electron chi connectivity index (χ2n) is 6.35. The quantitative estimate of drug-likeness (QED) is 0.857. The van der Waals surface area contributed by atoms with Crippen molar-refractivity contribution < 1.29 is 22.8 Å². The van der Waals surface area contributed by atoms with Gasteiger partial charge in [0, 0.05) is 18.0 Å². The molecule has 7 heteroatoms. The lowest BCUT2D eigenvalue weighted by atomic mass is 10.1. The maximum absolute atomic E-state index is 12.6. The van der Waals surface area contributed by atoms with Crippen molar-refractivity contribution in [1.29, 1.82) is 0 Å². The number of alkyl halides is 3. The fourth-order valence-corrected chi connectivity index (χ4v) is 2.93. The Morgan fingerprint density at radius 2 is 1.81 bits per heavy atom. The maximum atomic E-state index is 12.6. The summed E-state index contributed by atoms with van der Waals surface area (Å²) in [6, 6.07) is 11.6. The number of nitrogens with one attached hydrogen (secondary N) is 1. The Kier molecular flexibility index (Phi) is 4.71. The lowest BCUT2D eigenvalue weighted by Crippen LogP contribution is -2.25. The van der Waals surface area contributed by atoms with Gasteiger partial charge in [0.15, 0.2) is 0 Å². The number of nitrogens with two attached hydrogens (primary N) is 1. The number of carbonyl (C=O) groups is 2. The summed E-state index contributed by atoms with van der Waals surface area (Å²) in [5.74, 6) is -0.998. The number of primary amides is 1. The Balaban J connectivity index is 1.56. The Bertz CT molecular complexity index is 831. The van der Waals surface area contributed by atoms with Gasteiger partial charge in [-0.1, -0.05) is 24.3 Å². The van der Waals surface area contributed by atoms with Gasteiger partial charge in [0.05, 0.1) is 5.56 Å². The van der Waals surface area contributed by atoms with E-state index in [1.54, 1.807) is 24.3 Å². The number of benzene rings is 2. The number of halogens is 3. The lowest BCUT2D eigenvalue weighted by Gasteiger charge is -2.08. The zero-order valence-electron chi connectivity index (χ0n) is 13.7. The van der Waals surface area contributed by atoms with E-state index in [9.17, 15) is 22.8 Å². The van der Waals surface area contributed by atoms with Crippen LogP contribution in [0.4, 0.5) is 13.2 Å². The molecule has 2 atom stereocenters. The first kappa shape index (κ1) is 18.0. The summed E-state index contributed by atoms with van der Waals surface area (Å²) in [6.07, 6.45) is -3.75. The van der Waals surface area contributed by atoms with Gasteiger partial charge >= 0.3 is 6.18 Å². The first-order valence-corrected chi connectivity index (χ1v) is 8.09. The molecule has 0 saturated heterocycles. The predicted molar refractivity (Wildman–Crippen MR) is 89.1 cm³/mol. The summed E-state index contributed by atoms with van der Waals surface area (Å²) in [7, 11) is 0. The molecule has 2 unspecified atom stereocenters. The molecule has 4 nitrogen and oxygen atoms in total. The molecule has 136 valence electrons. The Morgan fingerprint density at radius 3 is 2.42 bits per heavy atom. The minimum atomic E-state index is -4.36. The molecule has 1 aliphatic rings. The molecule has 0 aromatic heterocycles. The molecule has 2 aromatic carbocycles. The van der Waals surface area contributed by atoms with E-state index >= 15 is 0 Å². The monoisotopic (exact) mass is 362 g/mol. The molecule has 0 bridgehead atoms. The van der Waals surface area contributed by atoms with Crippen LogP contribution in [-0.2, 0) is 17.5 Å². The lowest BCUT2D eigenvalue weighted by molar-refractivity contribution is -0.137. The third kappa shape index (κ3) is 4.04. The first-order valence-electron chi connectivity index (χ1n) is 8.09. The standard InChI is InChI=1S/C19H17F3N2O2/c20-19(21,22)14-6-4-12(5-7-14)15-9-16(15)18(26)24-10-11-2-1-3-13(8-11)17(23)25/h1-8,15-16H,9-10H2,(H2,23,25)(H,24,26). The fraction of sp³-hybridized carbons (Fsp3) is 0.263. The second-order valence-corrected chi connectivity index (χ2v) is 6.35. The van der Waals surface area contributed by atoms with Crippen molar-refractivity contribution in [2.24, 2.45) is 11.7 Å². The normalized spacial score (nSPS) is 19.0. The van der Waals surface area contributed by atoms with Crippen LogP contribution < -0.4 is 11.1 Å². The molecular formula is C19H17F3N2O2. The highest BCUT2D eigenvalue weighted by Crippen LogP contribution is 2.48. The van der Waals surface area contributed by atoms with E-state index < -0.39 is 17.6 Å². The van der Waals surface area contributed by atoms with E-state index in [4.69, 9.17) is 5.73 Å². The van der Waals surface area contributed by atoms with E-state index in [1.807, 2.05) is 0 Å². The first-order chi connectivity index (χ1) is 12.3. The zero-order valence-corrected chi connectivity index (χ0v) is 13.7. The van der Waals surface area contributed by atoms with Crippen LogP contribution in [-0.4, -0.2) is 11.8 Å². The summed E-state index contributed by atoms with van der Waals surface area (Å²) in [4.78, 5) is 23.4. The van der Waals surface area contributed by atoms with Crippen LogP contribution >= 0.6 is 0 Å². The number of carbonyl (C=O) groups excluding carboxylic acids is 2. The summed E-state index contributed by atoms with van der Waals surface area (Å²) in [6.45, 7) is 0.260. The van der Waals surface area contributed by atoms with Gasteiger partial charge in [-0.3, -0.25) is 9.59 Å². The Labute approximate surface area is 148 Å². The smallest absolute Gasteiger partial charge is 0.366 e. The van der Waals surface area contributed by atoms with Gasteiger partial charge in [0.1, 0.15) is 0 Å². The Hall–Kier alpha value is -2.83. The molecule has 0 aliphatic heterocycles. The predicted octanol–water partition coefficient (Wildman–Crippen LogP) is 3.22. The number of hydrogen-bond acceptors (Lipinski definition) is 2. The van der Waals surface area contributed by atoms with Crippen molar-refractivity contribution in [2.45, 2.75) is 25.1 Å². The third-order valence-corrected chi connectivity index (χ3v) is 4.47. The largest absolute Gasteiger partial charge is 0.416 e. The molecule has 1 saturated carbocycles. The highest BCUT2D eigenvalue weighted by atomic mass is 19.4. The second kappa shape index (κ2) is 6.82. The molecule has 3 rings (SSSR count). The van der Waals surface area contributed by atoms with Crippen molar-refractivity contribution in [3.8, 4) is 0 Å². The van der Waals surface area contributed by atoms with Crippen LogP contribution in [0.5, 0.6) is 0 Å². The van der Waals surface area contributed by atoms with E-state index in [0.29, 0.717) is 12.0 Å². The summed E-state index contributed by atoms with van der Waals surface area (Å²) in [5.41, 5.74) is 6.37. The SMILES string of the molecule is NC(=O)c1cccc(CNC(=O)C2CC2c2ccc(C(F)(F)F)cc2)c1. The van der Waals surface area contributed by atoms with Crippen molar-refractivity contribution in [1.82, 2.24) is 5.32 Å². The minimum Gasteiger partial charge on any atom is -0.366 e. The van der Waals surface area contributed by atoms with Gasteiger partial charge in [-0.2, -0.15) is 13.2 Å². The highest BCUT2D eigenvalue weighted by Gasteiger charge is 2.44. The molecule has 2 aromatic rings. The molecule has 0 spiro atoms. The van der Waals surface area contributed by atoms with Crippen molar-refractivity contribution in [3.05, 3.63) is 70.8 Å². The van der Waals surface area contributed by atoms with Crippen molar-refractivity contribution in [3.63, 3.8) is 0 Å². The average Bonchev–Trinajstić information content (AvgIpc) is 3.40. The molecule has 2 amide bonds. The van der Waals surface area contributed by atoms with Crippen LogP contribution in [0.2, 0.25) is 0 Å². The van der Waals surface area contributed by atoms with Gasteiger partial charge in [0.2, 0.25) is 11.8 Å². The molecule has 3 N–H and O–H groups in total. The van der Waals surface area contributed by atoms with Crippen LogP contribution in [0.15, 0.2) is 48.5 Å². The van der Waals surface area contributed by atoms with E-state index in [0.717, 1.165) is 23.3 Å². The highest BCUT2D eigenvalue weighted by molar-refractivity contribution is 5.92. The van der Waals surface area contributed by atoms with Gasteiger partial charge in [-0.15, -0.1) is 0 Å². The van der Waals surface area contributed by atoms with Gasteiger partial charge in [-0.05, 0) is 47.7 Å². The fourth-order valence-electron chi connectivity index (χ4n) is 2.93. The number of rotatable bonds is 5. The molecule has 1 fully saturated rings. The van der Waals surface area contributed by atoms with Crippen molar-refractivity contribution >= 4 is 11.8 Å². The zero-order chi connectivity index (χ0) is 18.9. The Morgan fingerprint density at radius 1 is 1.12 bits per heavy atom. The summed E-state index contributed by atoms with van der Waals surface area (Å²) < 4.78 is 37.8. The topological polar surface area (TPSA) is 72.2 Å².